The maximum absolute atomic E-state index is 4.84. The molecule has 0 unspecified atom stereocenters. The first kappa shape index (κ1) is 15.6. The second-order valence-corrected chi connectivity index (χ2v) is 6.00. The molecule has 2 aromatic carbocycles. The van der Waals surface area contributed by atoms with Gasteiger partial charge in [-0.3, -0.25) is 0 Å². The van der Waals surface area contributed by atoms with Crippen molar-refractivity contribution in [3.05, 3.63) is 59.7 Å². The molecule has 0 atom stereocenters. The van der Waals surface area contributed by atoms with Crippen molar-refractivity contribution >= 4 is 17.3 Å². The summed E-state index contributed by atoms with van der Waals surface area (Å²) in [5, 5.41) is 6.87. The molecule has 1 aliphatic heterocycles. The predicted octanol–water partition coefficient (Wildman–Crippen LogP) is 3.31. The molecule has 23 heavy (non-hydrogen) atoms. The second-order valence-electron chi connectivity index (χ2n) is 6.00. The van der Waals surface area contributed by atoms with Crippen LogP contribution in [0.2, 0.25) is 0 Å². The van der Waals surface area contributed by atoms with Crippen molar-refractivity contribution < 1.29 is 0 Å². The lowest BCUT2D eigenvalue weighted by Crippen LogP contribution is -2.48. The number of hydrogen-bond donors (Lipinski definition) is 2. The zero-order chi connectivity index (χ0) is 16.1. The maximum Gasteiger partial charge on any atom is 0.203 e. The van der Waals surface area contributed by atoms with Gasteiger partial charge < -0.3 is 15.5 Å². The van der Waals surface area contributed by atoms with E-state index in [4.69, 9.17) is 4.99 Å². The lowest BCUT2D eigenvalue weighted by atomic mass is 10.2. The monoisotopic (exact) mass is 308 g/mol. The topological polar surface area (TPSA) is 39.7 Å². The van der Waals surface area contributed by atoms with Crippen LogP contribution in [0.25, 0.3) is 0 Å². The molecule has 0 amide bonds. The van der Waals surface area contributed by atoms with Crippen LogP contribution in [0.1, 0.15) is 11.1 Å². The molecule has 2 aromatic rings. The number of rotatable bonds is 2. The Morgan fingerprint density at radius 3 is 2.09 bits per heavy atom. The summed E-state index contributed by atoms with van der Waals surface area (Å²) in [6.45, 7) is 8.09. The summed E-state index contributed by atoms with van der Waals surface area (Å²) in [5.41, 5.74) is 4.55. The third kappa shape index (κ3) is 4.33. The van der Waals surface area contributed by atoms with Crippen LogP contribution in [0.15, 0.2) is 53.5 Å². The first-order chi connectivity index (χ1) is 11.2. The number of nitrogens with one attached hydrogen (secondary N) is 2. The Morgan fingerprint density at radius 2 is 1.48 bits per heavy atom. The highest BCUT2D eigenvalue weighted by molar-refractivity contribution is 5.95. The fraction of sp³-hybridized carbons (Fsp3) is 0.316. The van der Waals surface area contributed by atoms with Crippen LogP contribution < -0.4 is 10.6 Å². The van der Waals surface area contributed by atoms with Gasteiger partial charge in [0.15, 0.2) is 0 Å². The van der Waals surface area contributed by atoms with Gasteiger partial charge in [-0.25, -0.2) is 4.99 Å². The third-order valence-electron chi connectivity index (χ3n) is 3.99. The molecule has 0 saturated carbocycles. The average Bonchev–Trinajstić information content (AvgIpc) is 2.59. The first-order valence-corrected chi connectivity index (χ1v) is 8.15. The number of benzene rings is 2. The van der Waals surface area contributed by atoms with Gasteiger partial charge in [0.25, 0.3) is 0 Å². The Balaban J connectivity index is 1.86. The van der Waals surface area contributed by atoms with Crippen LogP contribution in [-0.2, 0) is 0 Å². The number of hydrogen-bond acceptors (Lipinski definition) is 2. The van der Waals surface area contributed by atoms with Crippen molar-refractivity contribution in [1.82, 2.24) is 10.2 Å². The number of aliphatic imine (C=N–C) groups is 1. The summed E-state index contributed by atoms with van der Waals surface area (Å²) >= 11 is 0. The van der Waals surface area contributed by atoms with Crippen molar-refractivity contribution in [2.45, 2.75) is 13.8 Å². The van der Waals surface area contributed by atoms with E-state index in [1.165, 1.54) is 11.1 Å². The number of guanidine groups is 1. The molecule has 1 fully saturated rings. The minimum Gasteiger partial charge on any atom is -0.340 e. The van der Waals surface area contributed by atoms with Gasteiger partial charge in [0.05, 0.1) is 5.69 Å². The summed E-state index contributed by atoms with van der Waals surface area (Å²) in [7, 11) is 0. The molecule has 4 heteroatoms. The number of aryl methyl sites for hydroxylation is 2. The van der Waals surface area contributed by atoms with E-state index in [9.17, 15) is 0 Å². The van der Waals surface area contributed by atoms with E-state index < -0.39 is 0 Å². The van der Waals surface area contributed by atoms with Gasteiger partial charge in [-0.1, -0.05) is 35.4 Å². The highest BCUT2D eigenvalue weighted by Gasteiger charge is 2.15. The Morgan fingerprint density at radius 1 is 0.913 bits per heavy atom. The van der Waals surface area contributed by atoms with Crippen LogP contribution in [0.5, 0.6) is 0 Å². The van der Waals surface area contributed by atoms with Gasteiger partial charge in [-0.05, 0) is 38.1 Å². The van der Waals surface area contributed by atoms with Crippen molar-refractivity contribution in [1.29, 1.82) is 0 Å². The minimum atomic E-state index is 0.916. The molecule has 2 N–H and O–H groups in total. The van der Waals surface area contributed by atoms with Crippen molar-refractivity contribution in [3.8, 4) is 0 Å². The van der Waals surface area contributed by atoms with E-state index in [-0.39, 0.29) is 0 Å². The summed E-state index contributed by atoms with van der Waals surface area (Å²) in [4.78, 5) is 7.15. The summed E-state index contributed by atoms with van der Waals surface area (Å²) in [6, 6.07) is 16.8. The fourth-order valence-corrected chi connectivity index (χ4v) is 2.56. The normalized spacial score (nSPS) is 15.6. The van der Waals surface area contributed by atoms with Gasteiger partial charge in [-0.15, -0.1) is 0 Å². The van der Waals surface area contributed by atoms with E-state index in [0.29, 0.717) is 0 Å². The molecule has 0 radical (unpaired) electrons. The quantitative estimate of drug-likeness (QED) is 0.660. The Kier molecular flexibility index (Phi) is 4.93. The van der Waals surface area contributed by atoms with E-state index in [1.807, 2.05) is 0 Å². The third-order valence-corrected chi connectivity index (χ3v) is 3.99. The predicted molar refractivity (Wildman–Crippen MR) is 97.5 cm³/mol. The number of anilines is 1. The Labute approximate surface area is 138 Å². The van der Waals surface area contributed by atoms with E-state index in [1.54, 1.807) is 0 Å². The lowest BCUT2D eigenvalue weighted by Gasteiger charge is -2.30. The van der Waals surface area contributed by atoms with Crippen LogP contribution in [0.4, 0.5) is 11.4 Å². The highest BCUT2D eigenvalue weighted by Crippen LogP contribution is 2.16. The number of piperazine rings is 1. The molecule has 0 aliphatic carbocycles. The summed E-state index contributed by atoms with van der Waals surface area (Å²) in [5.74, 6) is 0.916. The van der Waals surface area contributed by atoms with E-state index in [2.05, 4.69) is 77.9 Å². The lowest BCUT2D eigenvalue weighted by molar-refractivity contribution is 0.357. The summed E-state index contributed by atoms with van der Waals surface area (Å²) < 4.78 is 0. The van der Waals surface area contributed by atoms with Crippen LogP contribution in [0, 0.1) is 13.8 Å². The van der Waals surface area contributed by atoms with Crippen molar-refractivity contribution in [2.24, 2.45) is 4.99 Å². The van der Waals surface area contributed by atoms with Crippen LogP contribution >= 0.6 is 0 Å². The van der Waals surface area contributed by atoms with Gasteiger partial charge in [0, 0.05) is 31.9 Å². The molecule has 1 heterocycles. The molecule has 1 aliphatic rings. The van der Waals surface area contributed by atoms with Gasteiger partial charge in [0.1, 0.15) is 0 Å². The van der Waals surface area contributed by atoms with Gasteiger partial charge >= 0.3 is 0 Å². The fourth-order valence-electron chi connectivity index (χ4n) is 2.56. The maximum atomic E-state index is 4.84. The SMILES string of the molecule is Cc1ccc(N=C(Nc2ccc(C)cc2)N2CCNCC2)cc1. The van der Waals surface area contributed by atoms with E-state index in [0.717, 1.165) is 43.5 Å². The Hall–Kier alpha value is -2.33. The molecule has 3 rings (SSSR count). The molecule has 4 nitrogen and oxygen atoms in total. The number of nitrogens with zero attached hydrogens (tertiary/aromatic N) is 2. The molecule has 120 valence electrons. The molecule has 0 spiro atoms. The average molecular weight is 308 g/mol. The zero-order valence-electron chi connectivity index (χ0n) is 13.8. The van der Waals surface area contributed by atoms with Crippen LogP contribution in [0.3, 0.4) is 0 Å². The van der Waals surface area contributed by atoms with Gasteiger partial charge in [0.2, 0.25) is 5.96 Å². The van der Waals surface area contributed by atoms with Crippen LogP contribution in [-0.4, -0.2) is 37.0 Å². The Bertz CT molecular complexity index is 653. The van der Waals surface area contributed by atoms with E-state index >= 15 is 0 Å². The van der Waals surface area contributed by atoms with Crippen molar-refractivity contribution in [3.63, 3.8) is 0 Å². The first-order valence-electron chi connectivity index (χ1n) is 8.15. The molecule has 0 bridgehead atoms. The molecular weight excluding hydrogens is 284 g/mol. The summed E-state index contributed by atoms with van der Waals surface area (Å²) in [6.07, 6.45) is 0. The second kappa shape index (κ2) is 7.29. The molecule has 1 saturated heterocycles. The molecule has 0 aromatic heterocycles. The smallest absolute Gasteiger partial charge is 0.203 e. The zero-order valence-corrected chi connectivity index (χ0v) is 13.8. The molecular formula is C19H24N4. The largest absolute Gasteiger partial charge is 0.340 e. The minimum absolute atomic E-state index is 0.916. The standard InChI is InChI=1S/C19H24N4/c1-15-3-7-17(8-4-15)21-19(23-13-11-20-12-14-23)22-18-9-5-16(2)6-10-18/h3-10,20H,11-14H2,1-2H3,(H,21,22). The van der Waals surface area contributed by atoms with Crippen molar-refractivity contribution in [2.75, 3.05) is 31.5 Å². The highest BCUT2D eigenvalue weighted by atomic mass is 15.3. The van der Waals surface area contributed by atoms with Gasteiger partial charge in [-0.2, -0.15) is 0 Å².